The quantitative estimate of drug-likeness (QED) is 0.645. The van der Waals surface area contributed by atoms with E-state index in [0.717, 1.165) is 11.3 Å². The Labute approximate surface area is 84.4 Å². The normalized spacial score (nSPS) is 12.0. The molecule has 1 aromatic rings. The van der Waals surface area contributed by atoms with Gasteiger partial charge in [-0.05, 0) is 12.6 Å². The molecule has 0 bridgehead atoms. The van der Waals surface area contributed by atoms with Gasteiger partial charge in [-0.3, -0.25) is 0 Å². The van der Waals surface area contributed by atoms with Crippen LogP contribution in [0, 0.1) is 10.8 Å². The van der Waals surface area contributed by atoms with E-state index >= 15 is 0 Å². The SMILES string of the molecule is N=CCC(C=N)c1cnc(C(=O)O)s1. The predicted molar refractivity (Wildman–Crippen MR) is 54.0 cm³/mol. The Bertz CT molecular complexity index is 361. The molecule has 0 aliphatic heterocycles. The van der Waals surface area contributed by atoms with Gasteiger partial charge in [0.2, 0.25) is 5.01 Å². The summed E-state index contributed by atoms with van der Waals surface area (Å²) >= 11 is 1.05. The number of aromatic nitrogens is 1. The molecule has 74 valence electrons. The molecule has 0 fully saturated rings. The van der Waals surface area contributed by atoms with Gasteiger partial charge in [0.05, 0.1) is 0 Å². The summed E-state index contributed by atoms with van der Waals surface area (Å²) in [4.78, 5) is 14.9. The van der Waals surface area contributed by atoms with Crippen LogP contribution in [0.15, 0.2) is 6.20 Å². The van der Waals surface area contributed by atoms with Gasteiger partial charge in [0.15, 0.2) is 0 Å². The van der Waals surface area contributed by atoms with Crippen molar-refractivity contribution in [3.8, 4) is 0 Å². The molecule has 0 amide bonds. The average Bonchev–Trinajstić information content (AvgIpc) is 2.63. The van der Waals surface area contributed by atoms with Crippen molar-refractivity contribution >= 4 is 29.7 Å². The monoisotopic (exact) mass is 211 g/mol. The molecular weight excluding hydrogens is 202 g/mol. The fourth-order valence-electron chi connectivity index (χ4n) is 0.950. The van der Waals surface area contributed by atoms with Crippen LogP contribution in [-0.2, 0) is 0 Å². The van der Waals surface area contributed by atoms with Crippen molar-refractivity contribution in [1.82, 2.24) is 4.98 Å². The van der Waals surface area contributed by atoms with Crippen LogP contribution in [-0.4, -0.2) is 28.5 Å². The van der Waals surface area contributed by atoms with Gasteiger partial charge >= 0.3 is 5.97 Å². The number of carboxylic acid groups (broad SMARTS) is 1. The number of carbonyl (C=O) groups is 1. The number of aromatic carboxylic acids is 1. The van der Waals surface area contributed by atoms with Crippen LogP contribution in [0.25, 0.3) is 0 Å². The highest BCUT2D eigenvalue weighted by Gasteiger charge is 2.14. The summed E-state index contributed by atoms with van der Waals surface area (Å²) in [6.45, 7) is 0. The van der Waals surface area contributed by atoms with Crippen molar-refractivity contribution in [3.05, 3.63) is 16.1 Å². The maximum Gasteiger partial charge on any atom is 0.365 e. The lowest BCUT2D eigenvalue weighted by molar-refractivity contribution is 0.0696. The topological polar surface area (TPSA) is 97.9 Å². The van der Waals surface area contributed by atoms with E-state index in [1.165, 1.54) is 18.6 Å². The van der Waals surface area contributed by atoms with Gasteiger partial charge in [-0.2, -0.15) is 0 Å². The summed E-state index contributed by atoms with van der Waals surface area (Å²) in [7, 11) is 0. The number of carboxylic acids is 1. The third-order valence-corrected chi connectivity index (χ3v) is 2.76. The van der Waals surface area contributed by atoms with Crippen LogP contribution in [0.2, 0.25) is 0 Å². The smallest absolute Gasteiger partial charge is 0.365 e. The van der Waals surface area contributed by atoms with Crippen LogP contribution < -0.4 is 0 Å². The van der Waals surface area contributed by atoms with Gasteiger partial charge in [-0.15, -0.1) is 11.3 Å². The molecule has 1 unspecified atom stereocenters. The van der Waals surface area contributed by atoms with Crippen molar-refractivity contribution in [1.29, 1.82) is 10.8 Å². The summed E-state index contributed by atoms with van der Waals surface area (Å²) in [5.41, 5.74) is 0. The Hall–Kier alpha value is -1.56. The fourth-order valence-corrected chi connectivity index (χ4v) is 1.79. The second-order valence-corrected chi connectivity index (χ2v) is 3.65. The maximum atomic E-state index is 10.5. The summed E-state index contributed by atoms with van der Waals surface area (Å²) in [6, 6.07) is 0. The molecule has 1 aromatic heterocycles. The van der Waals surface area contributed by atoms with Crippen molar-refractivity contribution in [2.45, 2.75) is 12.3 Å². The third kappa shape index (κ3) is 2.23. The van der Waals surface area contributed by atoms with Gasteiger partial charge in [0.1, 0.15) is 0 Å². The van der Waals surface area contributed by atoms with Crippen LogP contribution in [0.4, 0.5) is 0 Å². The Morgan fingerprint density at radius 1 is 1.71 bits per heavy atom. The lowest BCUT2D eigenvalue weighted by Crippen LogP contribution is -1.97. The molecule has 6 heteroatoms. The number of thiazole rings is 1. The van der Waals surface area contributed by atoms with Crippen molar-refractivity contribution in [2.24, 2.45) is 0 Å². The number of hydrogen-bond donors (Lipinski definition) is 3. The van der Waals surface area contributed by atoms with Crippen LogP contribution >= 0.6 is 11.3 Å². The molecule has 0 spiro atoms. The first-order valence-corrected chi connectivity index (χ1v) is 4.69. The van der Waals surface area contributed by atoms with Crippen LogP contribution in [0.1, 0.15) is 27.0 Å². The highest BCUT2D eigenvalue weighted by atomic mass is 32.1. The minimum Gasteiger partial charge on any atom is -0.476 e. The summed E-state index contributed by atoms with van der Waals surface area (Å²) in [5.74, 6) is -1.28. The van der Waals surface area contributed by atoms with Gasteiger partial charge < -0.3 is 15.9 Å². The van der Waals surface area contributed by atoms with E-state index in [2.05, 4.69) is 4.98 Å². The minimum atomic E-state index is -1.06. The van der Waals surface area contributed by atoms with E-state index in [-0.39, 0.29) is 10.9 Å². The Balaban J connectivity index is 2.88. The van der Waals surface area contributed by atoms with Crippen molar-refractivity contribution in [2.75, 3.05) is 0 Å². The Kier molecular flexibility index (Phi) is 3.47. The molecule has 0 aliphatic rings. The minimum absolute atomic E-state index is 0.0248. The second kappa shape index (κ2) is 4.61. The molecule has 3 N–H and O–H groups in total. The first kappa shape index (κ1) is 10.5. The van der Waals surface area contributed by atoms with Gasteiger partial charge in [0, 0.05) is 23.2 Å². The lowest BCUT2D eigenvalue weighted by Gasteiger charge is -2.02. The zero-order chi connectivity index (χ0) is 10.6. The van der Waals surface area contributed by atoms with E-state index in [1.54, 1.807) is 0 Å². The maximum absolute atomic E-state index is 10.5. The first-order valence-electron chi connectivity index (χ1n) is 3.87. The van der Waals surface area contributed by atoms with Gasteiger partial charge in [-0.1, -0.05) is 0 Å². The second-order valence-electron chi connectivity index (χ2n) is 2.59. The molecule has 5 nitrogen and oxygen atoms in total. The molecule has 14 heavy (non-hydrogen) atoms. The molecule has 0 aliphatic carbocycles. The standard InChI is InChI=1S/C8H9N3O2S/c9-2-1-5(3-10)6-4-11-7(14-6)8(12)13/h2-5,9-10H,1H2,(H,12,13). The van der Waals surface area contributed by atoms with Crippen LogP contribution in [0.3, 0.4) is 0 Å². The van der Waals surface area contributed by atoms with Crippen molar-refractivity contribution < 1.29 is 9.90 Å². The molecule has 0 aromatic carbocycles. The molecule has 1 heterocycles. The van der Waals surface area contributed by atoms with E-state index < -0.39 is 5.97 Å². The van der Waals surface area contributed by atoms with Crippen LogP contribution in [0.5, 0.6) is 0 Å². The van der Waals surface area contributed by atoms with Crippen molar-refractivity contribution in [3.63, 3.8) is 0 Å². The summed E-state index contributed by atoms with van der Waals surface area (Å²) in [5, 5.41) is 22.7. The largest absolute Gasteiger partial charge is 0.476 e. The van der Waals surface area contributed by atoms with Gasteiger partial charge in [0.25, 0.3) is 0 Å². The predicted octanol–water partition coefficient (Wildman–Crippen LogP) is 1.61. The number of nitrogens with one attached hydrogen (secondary N) is 2. The number of hydrogen-bond acceptors (Lipinski definition) is 5. The van der Waals surface area contributed by atoms with E-state index in [9.17, 15) is 4.79 Å². The summed E-state index contributed by atoms with van der Waals surface area (Å²) < 4.78 is 0. The highest BCUT2D eigenvalue weighted by molar-refractivity contribution is 7.13. The third-order valence-electron chi connectivity index (χ3n) is 1.64. The van der Waals surface area contributed by atoms with E-state index in [1.807, 2.05) is 0 Å². The highest BCUT2D eigenvalue weighted by Crippen LogP contribution is 2.23. The molecule has 0 saturated carbocycles. The summed E-state index contributed by atoms with van der Waals surface area (Å²) in [6.07, 6.45) is 4.26. The molecule has 1 rings (SSSR count). The first-order chi connectivity index (χ1) is 6.69. The van der Waals surface area contributed by atoms with Gasteiger partial charge in [-0.25, -0.2) is 9.78 Å². The molecule has 0 saturated heterocycles. The Morgan fingerprint density at radius 2 is 2.43 bits per heavy atom. The fraction of sp³-hybridized carbons (Fsp3) is 0.250. The number of nitrogens with zero attached hydrogens (tertiary/aromatic N) is 1. The average molecular weight is 211 g/mol. The number of rotatable bonds is 5. The molecule has 1 atom stereocenters. The van der Waals surface area contributed by atoms with E-state index in [4.69, 9.17) is 15.9 Å². The lowest BCUT2D eigenvalue weighted by atomic mass is 10.1. The molecule has 0 radical (unpaired) electrons. The Morgan fingerprint density at radius 3 is 2.86 bits per heavy atom. The zero-order valence-corrected chi connectivity index (χ0v) is 8.04. The molecular formula is C8H9N3O2S. The zero-order valence-electron chi connectivity index (χ0n) is 7.23. The van der Waals surface area contributed by atoms with E-state index in [0.29, 0.717) is 11.3 Å².